The minimum Gasteiger partial charge on any atom is -0.394 e. The number of hydrogen-bond acceptors (Lipinski definition) is 6. The van der Waals surface area contributed by atoms with E-state index in [1.807, 2.05) is 0 Å². The molecule has 0 aliphatic heterocycles. The molecule has 0 radical (unpaired) electrons. The predicted molar refractivity (Wildman–Crippen MR) is 37.2 cm³/mol. The van der Waals surface area contributed by atoms with Gasteiger partial charge >= 0.3 is 0 Å². The van der Waals surface area contributed by atoms with Crippen molar-refractivity contribution in [3.8, 4) is 0 Å². The van der Waals surface area contributed by atoms with Crippen molar-refractivity contribution in [3.05, 3.63) is 0 Å². The number of aliphatic hydroxyl groups is 5. The van der Waals surface area contributed by atoms with Crippen molar-refractivity contribution in [3.63, 3.8) is 0 Å². The van der Waals surface area contributed by atoms with Crippen LogP contribution in [-0.4, -0.2) is 69.8 Å². The van der Waals surface area contributed by atoms with E-state index < -0.39 is 37.1 Å². The highest BCUT2D eigenvalue weighted by molar-refractivity contribution is 5.56. The Hall–Kier alpha value is -0.530. The van der Waals surface area contributed by atoms with E-state index in [9.17, 15) is 4.79 Å². The van der Waals surface area contributed by atoms with Crippen molar-refractivity contribution in [2.24, 2.45) is 0 Å². The zero-order chi connectivity index (χ0) is 19.6. The highest BCUT2D eigenvalue weighted by Gasteiger charge is 2.29. The fraction of sp³-hybridized carbons (Fsp3) is 0.833. The highest BCUT2D eigenvalue weighted by atomic mass is 16.4. The average Bonchev–Trinajstić information content (AvgIpc) is 2.57. The van der Waals surface area contributed by atoms with Crippen LogP contribution in [0.4, 0.5) is 0 Å². The zero-order valence-corrected chi connectivity index (χ0v) is 5.45. The molecule has 6 nitrogen and oxygen atoms in total. The number of aldehydes is 1. The number of hydrogen-bond donors (Lipinski definition) is 5. The molecule has 0 aliphatic carbocycles. The van der Waals surface area contributed by atoms with E-state index in [0.717, 1.165) is 0 Å². The van der Waals surface area contributed by atoms with E-state index in [0.29, 0.717) is 0 Å². The van der Waals surface area contributed by atoms with Gasteiger partial charge in [0.05, 0.1) is 14.8 Å². The SMILES string of the molecule is [2H]OC([2H])([2H])[C@@]([2H])(O[2H])[C@@]([2H])(O[2H])[C@]([2H])(O[2H])[C@@]([2H])(O[2H])C([2H])=O. The van der Waals surface area contributed by atoms with Crippen LogP contribution < -0.4 is 0 Å². The Morgan fingerprint density at radius 3 is 2.75 bits per heavy atom. The van der Waals surface area contributed by atoms with Gasteiger partial charge in [0, 0.05) is 0 Å². The summed E-state index contributed by atoms with van der Waals surface area (Å²) in [4.78, 5) is 11.2. The topological polar surface area (TPSA) is 118 Å². The zero-order valence-electron chi connectivity index (χ0n) is 17.4. The molecule has 0 amide bonds. The minimum atomic E-state index is -4.16. The van der Waals surface area contributed by atoms with Crippen LogP contribution in [0.25, 0.3) is 0 Å². The van der Waals surface area contributed by atoms with Crippen molar-refractivity contribution in [1.82, 2.24) is 0 Å². The lowest BCUT2D eigenvalue weighted by Gasteiger charge is -2.22. The van der Waals surface area contributed by atoms with Gasteiger partial charge in [-0.05, 0) is 0 Å². The molecule has 0 aromatic carbocycles. The van der Waals surface area contributed by atoms with Gasteiger partial charge in [-0.15, -0.1) is 0 Å². The van der Waals surface area contributed by atoms with Crippen LogP contribution >= 0.6 is 0 Å². The van der Waals surface area contributed by atoms with Crippen LogP contribution in [0.2, 0.25) is 0 Å². The van der Waals surface area contributed by atoms with Gasteiger partial charge in [0.1, 0.15) is 25.7 Å². The largest absolute Gasteiger partial charge is 0.394 e. The van der Waals surface area contributed by atoms with Gasteiger partial charge in [-0.3, -0.25) is 0 Å². The van der Waals surface area contributed by atoms with Crippen molar-refractivity contribution in [2.75, 3.05) is 6.56 Å². The van der Waals surface area contributed by atoms with Gasteiger partial charge in [-0.25, -0.2) is 0 Å². The molecular weight excluding hydrogens is 168 g/mol. The summed E-state index contributed by atoms with van der Waals surface area (Å²) in [5.74, 6) is 0. The van der Waals surface area contributed by atoms with E-state index in [1.165, 1.54) is 0 Å². The third kappa shape index (κ3) is 2.84. The standard InChI is InChI=1S/C6H12O6/c7-1-3(9)5(11)6(12)4(10)2-8/h1,3-6,8-12H,2H2/t3-,4+,5+,6+/m0/s1/i1D,2D2,3D,4D,5D,6D,8D,9D,10D,11D,12D. The molecule has 0 saturated carbocycles. The molecule has 0 aliphatic rings. The normalized spacial score (nSPS) is 46.7. The molecule has 0 spiro atoms. The maximum absolute atomic E-state index is 11.2. The van der Waals surface area contributed by atoms with E-state index >= 15 is 0 Å². The monoisotopic (exact) mass is 192 g/mol. The van der Waals surface area contributed by atoms with Crippen LogP contribution in [-0.2, 0) is 4.79 Å². The van der Waals surface area contributed by atoms with Crippen LogP contribution in [0.15, 0.2) is 0 Å². The summed E-state index contributed by atoms with van der Waals surface area (Å²) in [6.45, 7) is -3.82. The summed E-state index contributed by atoms with van der Waals surface area (Å²) in [5, 5.41) is 18.0. The molecule has 5 N–H and O–H groups in total. The lowest BCUT2D eigenvalue weighted by molar-refractivity contribution is -0.136. The molecule has 0 bridgehead atoms. The summed E-state index contributed by atoms with van der Waals surface area (Å²) in [7, 11) is 0. The van der Waals surface area contributed by atoms with Crippen LogP contribution in [0.1, 0.15) is 9.60 Å². The number of rotatable bonds is 10. The summed E-state index contributed by atoms with van der Waals surface area (Å²) in [6.07, 6.45) is -18.5. The van der Waals surface area contributed by atoms with Gasteiger partial charge in [0.25, 0.3) is 0 Å². The molecule has 72 valence electrons. The predicted octanol–water partition coefficient (Wildman–Crippen LogP) is -3.38. The Bertz CT molecular complexity index is 467. The third-order valence-corrected chi connectivity index (χ3v) is 0.804. The third-order valence-electron chi connectivity index (χ3n) is 0.804. The van der Waals surface area contributed by atoms with E-state index in [4.69, 9.17) is 16.8 Å². The Labute approximate surface area is 86.0 Å². The molecule has 0 saturated heterocycles. The van der Waals surface area contributed by atoms with Crippen LogP contribution in [0.5, 0.6) is 0 Å². The molecular formula is C6H12O6. The molecule has 0 aromatic rings. The van der Waals surface area contributed by atoms with E-state index in [-0.39, 0.29) is 0 Å². The fourth-order valence-corrected chi connectivity index (χ4v) is 0.299. The first kappa shape index (κ1) is 2.49. The first-order valence-electron chi connectivity index (χ1n) is 8.02. The van der Waals surface area contributed by atoms with Gasteiger partial charge in [0.15, 0.2) is 6.26 Å². The molecule has 0 fully saturated rings. The molecule has 0 unspecified atom stereocenters. The van der Waals surface area contributed by atoms with Crippen LogP contribution in [0, 0.1) is 0 Å². The fourth-order valence-electron chi connectivity index (χ4n) is 0.299. The highest BCUT2D eigenvalue weighted by Crippen LogP contribution is 2.02. The lowest BCUT2D eigenvalue weighted by atomic mass is 10.0. The first-order chi connectivity index (χ1) is 10.7. The van der Waals surface area contributed by atoms with Crippen molar-refractivity contribution < 1.29 is 39.9 Å². The van der Waals surface area contributed by atoms with Gasteiger partial charge in [-0.2, -0.15) is 0 Å². The molecule has 0 aromatic heterocycles. The molecule has 6 heteroatoms. The number of carbonyl (C=O) groups excluding carboxylic acids is 1. The minimum absolute atomic E-state index is 2.27. The van der Waals surface area contributed by atoms with E-state index in [1.54, 1.807) is 0 Å². The maximum atomic E-state index is 11.2. The smallest absolute Gasteiger partial charge is 0.211 e. The number of carbonyl (C=O) groups is 1. The second kappa shape index (κ2) is 5.18. The summed E-state index contributed by atoms with van der Waals surface area (Å²) >= 11 is 0. The summed E-state index contributed by atoms with van der Waals surface area (Å²) in [5.41, 5.74) is 0. The van der Waals surface area contributed by atoms with Crippen LogP contribution in [0.3, 0.4) is 0 Å². The maximum Gasteiger partial charge on any atom is 0.211 e. The van der Waals surface area contributed by atoms with E-state index in [2.05, 4.69) is 25.5 Å². The molecule has 0 heterocycles. The summed E-state index contributed by atoms with van der Waals surface area (Å²) < 4.78 is 85.6. The van der Waals surface area contributed by atoms with Gasteiger partial charge < -0.3 is 30.3 Å². The van der Waals surface area contributed by atoms with Crippen molar-refractivity contribution in [1.29, 1.82) is 7.16 Å². The quantitative estimate of drug-likeness (QED) is 0.230. The second-order valence-corrected chi connectivity index (χ2v) is 1.52. The molecule has 4 atom stereocenters. The summed E-state index contributed by atoms with van der Waals surface area (Å²) in [6, 6.07) is 0. The lowest BCUT2D eigenvalue weighted by Crippen LogP contribution is -2.46. The van der Waals surface area contributed by atoms with Crippen molar-refractivity contribution in [2.45, 2.75) is 24.3 Å². The van der Waals surface area contributed by atoms with Crippen molar-refractivity contribution >= 4 is 6.26 Å². The average molecular weight is 192 g/mol. The Morgan fingerprint density at radius 2 is 2.33 bits per heavy atom. The Morgan fingerprint density at radius 1 is 1.50 bits per heavy atom. The Balaban J connectivity index is 6.79. The molecule has 0 rings (SSSR count). The van der Waals surface area contributed by atoms with Gasteiger partial charge in [-0.1, -0.05) is 0 Å². The molecule has 12 heavy (non-hydrogen) atoms. The Kier molecular flexibility index (Phi) is 1.07. The second-order valence-electron chi connectivity index (χ2n) is 1.52. The van der Waals surface area contributed by atoms with Gasteiger partial charge in [0.2, 0.25) is 7.16 Å². The first-order valence-corrected chi connectivity index (χ1v) is 2.47.